The zero-order valence-corrected chi connectivity index (χ0v) is 12.2. The number of hydrogen-bond donors (Lipinski definition) is 1. The molecule has 0 bridgehead atoms. The lowest BCUT2D eigenvalue weighted by Crippen LogP contribution is -2.04. The number of aliphatic carboxylic acids is 1. The van der Waals surface area contributed by atoms with Crippen molar-refractivity contribution in [1.29, 1.82) is 0 Å². The smallest absolute Gasteiger partial charge is 0.328 e. The average molecular weight is 303 g/mol. The molecule has 1 atom stereocenters. The van der Waals surface area contributed by atoms with Crippen molar-refractivity contribution in [3.63, 3.8) is 0 Å². The summed E-state index contributed by atoms with van der Waals surface area (Å²) in [6, 6.07) is 15.0. The van der Waals surface area contributed by atoms with Gasteiger partial charge in [-0.25, -0.2) is 4.79 Å². The fourth-order valence-corrected chi connectivity index (χ4v) is 2.14. The molecule has 4 heteroatoms. The minimum atomic E-state index is -1.02. The van der Waals surface area contributed by atoms with Crippen LogP contribution in [0.5, 0.6) is 5.75 Å². The van der Waals surface area contributed by atoms with Crippen molar-refractivity contribution in [1.82, 2.24) is 0 Å². The first-order chi connectivity index (χ1) is 10.1. The SMILES string of the molecule is CC(Oc1c(Cl)cccc1/C=C/C(=O)O)c1ccccc1. The Hall–Kier alpha value is -2.26. The van der Waals surface area contributed by atoms with Crippen molar-refractivity contribution < 1.29 is 14.6 Å². The zero-order chi connectivity index (χ0) is 15.2. The summed E-state index contributed by atoms with van der Waals surface area (Å²) in [5, 5.41) is 9.18. The maximum absolute atomic E-state index is 10.7. The van der Waals surface area contributed by atoms with Gasteiger partial charge in [-0.1, -0.05) is 54.1 Å². The van der Waals surface area contributed by atoms with E-state index in [0.29, 0.717) is 16.3 Å². The van der Waals surface area contributed by atoms with Crippen LogP contribution in [0.4, 0.5) is 0 Å². The predicted molar refractivity (Wildman–Crippen MR) is 83.6 cm³/mol. The summed E-state index contributed by atoms with van der Waals surface area (Å²) >= 11 is 6.17. The largest absolute Gasteiger partial charge is 0.484 e. The Morgan fingerprint density at radius 3 is 2.57 bits per heavy atom. The Morgan fingerprint density at radius 2 is 1.90 bits per heavy atom. The first kappa shape index (κ1) is 15.1. The molecule has 1 N–H and O–H groups in total. The average Bonchev–Trinajstić information content (AvgIpc) is 2.48. The molecule has 2 aromatic carbocycles. The molecule has 0 aromatic heterocycles. The first-order valence-corrected chi connectivity index (χ1v) is 6.87. The molecule has 0 aliphatic carbocycles. The molecule has 0 radical (unpaired) electrons. The molecule has 1 unspecified atom stereocenters. The molecule has 0 saturated heterocycles. The number of halogens is 1. The molecule has 0 spiro atoms. The van der Waals surface area contributed by atoms with Gasteiger partial charge in [0.05, 0.1) is 5.02 Å². The Morgan fingerprint density at radius 1 is 1.19 bits per heavy atom. The van der Waals surface area contributed by atoms with E-state index in [0.717, 1.165) is 11.6 Å². The van der Waals surface area contributed by atoms with Crippen molar-refractivity contribution in [3.8, 4) is 5.75 Å². The van der Waals surface area contributed by atoms with Crippen LogP contribution in [-0.4, -0.2) is 11.1 Å². The van der Waals surface area contributed by atoms with E-state index in [1.807, 2.05) is 37.3 Å². The second-order valence-electron chi connectivity index (χ2n) is 4.50. The van der Waals surface area contributed by atoms with Crippen LogP contribution in [0.2, 0.25) is 5.02 Å². The fraction of sp³-hybridized carbons (Fsp3) is 0.118. The molecule has 21 heavy (non-hydrogen) atoms. The standard InChI is InChI=1S/C17H15ClO3/c1-12(13-6-3-2-4-7-13)21-17-14(10-11-16(19)20)8-5-9-15(17)18/h2-12H,1H3,(H,19,20)/b11-10+. The summed E-state index contributed by atoms with van der Waals surface area (Å²) in [5.74, 6) is -0.537. The van der Waals surface area contributed by atoms with Crippen LogP contribution in [0.3, 0.4) is 0 Å². The summed E-state index contributed by atoms with van der Waals surface area (Å²) in [5.41, 5.74) is 1.65. The van der Waals surface area contributed by atoms with E-state index >= 15 is 0 Å². The van der Waals surface area contributed by atoms with Crippen LogP contribution < -0.4 is 4.74 Å². The molecular formula is C17H15ClO3. The quantitative estimate of drug-likeness (QED) is 0.822. The number of carboxylic acid groups (broad SMARTS) is 1. The van der Waals surface area contributed by atoms with Gasteiger partial charge in [0.25, 0.3) is 0 Å². The number of ether oxygens (including phenoxy) is 1. The molecule has 0 aliphatic heterocycles. The molecule has 0 amide bonds. The van der Waals surface area contributed by atoms with Crippen LogP contribution in [0.1, 0.15) is 24.2 Å². The molecule has 0 saturated carbocycles. The molecule has 3 nitrogen and oxygen atoms in total. The van der Waals surface area contributed by atoms with Gasteiger partial charge in [0.1, 0.15) is 11.9 Å². The fourth-order valence-electron chi connectivity index (χ4n) is 1.91. The number of carbonyl (C=O) groups is 1. The third kappa shape index (κ3) is 4.10. The van der Waals surface area contributed by atoms with Crippen molar-refractivity contribution in [3.05, 3.63) is 70.8 Å². The Labute approximate surface area is 128 Å². The number of hydrogen-bond acceptors (Lipinski definition) is 2. The van der Waals surface area contributed by atoms with Gasteiger partial charge in [-0.05, 0) is 24.6 Å². The van der Waals surface area contributed by atoms with Crippen molar-refractivity contribution in [2.75, 3.05) is 0 Å². The van der Waals surface area contributed by atoms with Crippen LogP contribution in [0.15, 0.2) is 54.6 Å². The lowest BCUT2D eigenvalue weighted by molar-refractivity contribution is -0.131. The summed E-state index contributed by atoms with van der Waals surface area (Å²) < 4.78 is 5.92. The van der Waals surface area contributed by atoms with E-state index < -0.39 is 5.97 Å². The summed E-state index contributed by atoms with van der Waals surface area (Å²) in [4.78, 5) is 10.7. The molecular weight excluding hydrogens is 288 g/mol. The Bertz CT molecular complexity index is 650. The highest BCUT2D eigenvalue weighted by atomic mass is 35.5. The van der Waals surface area contributed by atoms with Crippen LogP contribution in [0.25, 0.3) is 6.08 Å². The third-order valence-corrected chi connectivity index (χ3v) is 3.26. The number of para-hydroxylation sites is 1. The molecule has 0 heterocycles. The minimum absolute atomic E-state index is 0.192. The summed E-state index contributed by atoms with van der Waals surface area (Å²) in [7, 11) is 0. The van der Waals surface area contributed by atoms with Gasteiger partial charge in [0.2, 0.25) is 0 Å². The first-order valence-electron chi connectivity index (χ1n) is 6.49. The maximum Gasteiger partial charge on any atom is 0.328 e. The topological polar surface area (TPSA) is 46.5 Å². The summed E-state index contributed by atoms with van der Waals surface area (Å²) in [6.45, 7) is 1.92. The van der Waals surface area contributed by atoms with Crippen molar-refractivity contribution in [2.24, 2.45) is 0 Å². The van der Waals surface area contributed by atoms with Crippen molar-refractivity contribution in [2.45, 2.75) is 13.0 Å². The van der Waals surface area contributed by atoms with Crippen LogP contribution in [0, 0.1) is 0 Å². The zero-order valence-electron chi connectivity index (χ0n) is 11.5. The van der Waals surface area contributed by atoms with Gasteiger partial charge in [0.15, 0.2) is 0 Å². The van der Waals surface area contributed by atoms with Gasteiger partial charge < -0.3 is 9.84 Å². The summed E-state index contributed by atoms with van der Waals surface area (Å²) in [6.07, 6.45) is 2.34. The van der Waals surface area contributed by atoms with Crippen LogP contribution in [-0.2, 0) is 4.79 Å². The third-order valence-electron chi connectivity index (χ3n) is 2.97. The molecule has 2 rings (SSSR count). The Kier molecular flexibility index (Phi) is 5.01. The molecule has 108 valence electrons. The normalized spacial score (nSPS) is 12.3. The molecule has 2 aromatic rings. The van der Waals surface area contributed by atoms with E-state index in [1.54, 1.807) is 18.2 Å². The minimum Gasteiger partial charge on any atom is -0.484 e. The van der Waals surface area contributed by atoms with Gasteiger partial charge in [-0.3, -0.25) is 0 Å². The predicted octanol–water partition coefficient (Wildman–Crippen LogP) is 4.58. The van der Waals surface area contributed by atoms with Gasteiger partial charge in [-0.2, -0.15) is 0 Å². The monoisotopic (exact) mass is 302 g/mol. The lowest BCUT2D eigenvalue weighted by atomic mass is 10.1. The lowest BCUT2D eigenvalue weighted by Gasteiger charge is -2.18. The van der Waals surface area contributed by atoms with E-state index in [2.05, 4.69) is 0 Å². The van der Waals surface area contributed by atoms with E-state index in [-0.39, 0.29) is 6.10 Å². The maximum atomic E-state index is 10.7. The Balaban J connectivity index is 2.29. The van der Waals surface area contributed by atoms with E-state index in [4.69, 9.17) is 21.4 Å². The second kappa shape index (κ2) is 6.95. The van der Waals surface area contributed by atoms with Gasteiger partial charge >= 0.3 is 5.97 Å². The second-order valence-corrected chi connectivity index (χ2v) is 4.91. The van der Waals surface area contributed by atoms with Gasteiger partial charge in [-0.15, -0.1) is 0 Å². The number of benzene rings is 2. The molecule has 0 aliphatic rings. The highest BCUT2D eigenvalue weighted by Gasteiger charge is 2.12. The number of carboxylic acids is 1. The highest BCUT2D eigenvalue weighted by molar-refractivity contribution is 6.32. The van der Waals surface area contributed by atoms with E-state index in [1.165, 1.54) is 6.08 Å². The van der Waals surface area contributed by atoms with Crippen LogP contribution >= 0.6 is 11.6 Å². The number of rotatable bonds is 5. The molecule has 0 fully saturated rings. The van der Waals surface area contributed by atoms with Crippen molar-refractivity contribution >= 4 is 23.6 Å². The highest BCUT2D eigenvalue weighted by Crippen LogP contribution is 2.33. The van der Waals surface area contributed by atoms with Gasteiger partial charge in [0, 0.05) is 11.6 Å². The van der Waals surface area contributed by atoms with E-state index in [9.17, 15) is 4.79 Å².